The number of allylic oxidation sites excluding steroid dienone is 1. The average molecular weight is 404 g/mol. The molecule has 0 aromatic rings. The minimum Gasteiger partial charge on any atom is -0.393 e. The van der Waals surface area contributed by atoms with E-state index in [1.54, 1.807) is 5.57 Å². The first-order chi connectivity index (χ1) is 13.8. The van der Waals surface area contributed by atoms with Crippen LogP contribution in [0.1, 0.15) is 91.9 Å². The van der Waals surface area contributed by atoms with Crippen LogP contribution in [0.2, 0.25) is 0 Å². The van der Waals surface area contributed by atoms with Crippen molar-refractivity contribution < 1.29 is 10.2 Å². The highest BCUT2D eigenvalue weighted by molar-refractivity contribution is 5.26. The first-order valence-corrected chi connectivity index (χ1v) is 12.6. The van der Waals surface area contributed by atoms with Gasteiger partial charge in [-0.2, -0.15) is 0 Å². The molecule has 0 aromatic carbocycles. The van der Waals surface area contributed by atoms with E-state index in [4.69, 9.17) is 0 Å². The number of nitrogens with zero attached hydrogens (tertiary/aromatic N) is 1. The molecule has 3 nitrogen and oxygen atoms in total. The molecule has 3 heteroatoms. The molecule has 0 aliphatic heterocycles. The minimum absolute atomic E-state index is 0.0906. The van der Waals surface area contributed by atoms with Crippen molar-refractivity contribution >= 4 is 0 Å². The molecule has 4 aliphatic rings. The first-order valence-electron chi connectivity index (χ1n) is 12.6. The Morgan fingerprint density at radius 3 is 2.48 bits per heavy atom. The van der Waals surface area contributed by atoms with Gasteiger partial charge in [0.15, 0.2) is 0 Å². The van der Waals surface area contributed by atoms with Crippen LogP contribution >= 0.6 is 0 Å². The molecule has 2 N–H and O–H groups in total. The van der Waals surface area contributed by atoms with Gasteiger partial charge in [-0.15, -0.1) is 0 Å². The predicted molar refractivity (Wildman–Crippen MR) is 120 cm³/mol. The van der Waals surface area contributed by atoms with E-state index in [0.29, 0.717) is 11.3 Å². The molecular formula is C26H45NO2. The maximum atomic E-state index is 11.9. The van der Waals surface area contributed by atoms with E-state index >= 15 is 0 Å². The van der Waals surface area contributed by atoms with Crippen LogP contribution < -0.4 is 0 Å². The molecule has 0 spiro atoms. The zero-order valence-electron chi connectivity index (χ0n) is 19.4. The lowest BCUT2D eigenvalue weighted by atomic mass is 9.47. The van der Waals surface area contributed by atoms with Gasteiger partial charge in [-0.05, 0) is 112 Å². The van der Waals surface area contributed by atoms with Crippen LogP contribution in [0.4, 0.5) is 0 Å². The summed E-state index contributed by atoms with van der Waals surface area (Å²) < 4.78 is 0. The zero-order valence-corrected chi connectivity index (χ0v) is 19.4. The van der Waals surface area contributed by atoms with Crippen LogP contribution in [0, 0.1) is 28.6 Å². The lowest BCUT2D eigenvalue weighted by molar-refractivity contribution is -0.129. The van der Waals surface area contributed by atoms with Crippen molar-refractivity contribution in [1.29, 1.82) is 0 Å². The number of rotatable bonds is 6. The van der Waals surface area contributed by atoms with Gasteiger partial charge < -0.3 is 15.1 Å². The fourth-order valence-corrected chi connectivity index (χ4v) is 8.30. The van der Waals surface area contributed by atoms with Crippen LogP contribution in [0.3, 0.4) is 0 Å². The molecule has 0 bridgehead atoms. The monoisotopic (exact) mass is 403 g/mol. The van der Waals surface area contributed by atoms with Crippen molar-refractivity contribution in [2.45, 2.75) is 104 Å². The maximum absolute atomic E-state index is 11.9. The fraction of sp³-hybridized carbons (Fsp3) is 0.923. The van der Waals surface area contributed by atoms with Crippen molar-refractivity contribution in [3.05, 3.63) is 11.6 Å². The Kier molecular flexibility index (Phi) is 5.99. The second-order valence-electron chi connectivity index (χ2n) is 11.3. The van der Waals surface area contributed by atoms with E-state index in [9.17, 15) is 10.2 Å². The van der Waals surface area contributed by atoms with Gasteiger partial charge in [0, 0.05) is 0 Å². The highest BCUT2D eigenvalue weighted by atomic mass is 16.3. The Balaban J connectivity index is 1.50. The SMILES string of the molecule is CCN(CC)CCC[C@]1(O)CC[C@H]2[C@@H]3CC=C4C[C@@H](O)CC[C@]4(C)[C@H]3CC[C@@]21C. The third-order valence-electron chi connectivity index (χ3n) is 10.4. The Labute approximate surface area is 178 Å². The summed E-state index contributed by atoms with van der Waals surface area (Å²) in [5, 5.41) is 22.1. The van der Waals surface area contributed by atoms with E-state index in [1.165, 1.54) is 25.7 Å². The molecule has 3 saturated carbocycles. The average Bonchev–Trinajstić information content (AvgIpc) is 2.97. The third-order valence-corrected chi connectivity index (χ3v) is 10.4. The van der Waals surface area contributed by atoms with Gasteiger partial charge in [-0.25, -0.2) is 0 Å². The summed E-state index contributed by atoms with van der Waals surface area (Å²) >= 11 is 0. The summed E-state index contributed by atoms with van der Waals surface area (Å²) in [4.78, 5) is 2.49. The second kappa shape index (κ2) is 7.95. The highest BCUT2D eigenvalue weighted by Gasteiger charge is 2.63. The summed E-state index contributed by atoms with van der Waals surface area (Å²) in [6.45, 7) is 12.7. The normalized spacial score (nSPS) is 46.8. The zero-order chi connectivity index (χ0) is 20.9. The lowest BCUT2D eigenvalue weighted by Gasteiger charge is -2.59. The molecule has 0 aromatic heterocycles. The Morgan fingerprint density at radius 2 is 1.76 bits per heavy atom. The number of fused-ring (bicyclic) bond motifs is 5. The van der Waals surface area contributed by atoms with Crippen LogP contribution in [-0.4, -0.2) is 46.5 Å². The van der Waals surface area contributed by atoms with E-state index in [0.717, 1.165) is 70.0 Å². The van der Waals surface area contributed by atoms with Gasteiger partial charge in [0.25, 0.3) is 0 Å². The number of aliphatic hydroxyl groups excluding tert-OH is 1. The third kappa shape index (κ3) is 3.44. The Hall–Kier alpha value is -0.380. The first kappa shape index (κ1) is 21.8. The molecule has 3 fully saturated rings. The van der Waals surface area contributed by atoms with Crippen LogP contribution in [0.25, 0.3) is 0 Å². The van der Waals surface area contributed by atoms with E-state index in [2.05, 4.69) is 38.7 Å². The molecule has 4 rings (SSSR count). The molecule has 166 valence electrons. The van der Waals surface area contributed by atoms with Crippen molar-refractivity contribution in [2.24, 2.45) is 28.6 Å². The molecule has 4 aliphatic carbocycles. The minimum atomic E-state index is -0.469. The quantitative estimate of drug-likeness (QED) is 0.602. The molecule has 0 amide bonds. The topological polar surface area (TPSA) is 43.7 Å². The summed E-state index contributed by atoms with van der Waals surface area (Å²) in [5.41, 5.74) is 1.47. The second-order valence-corrected chi connectivity index (χ2v) is 11.3. The molecule has 0 radical (unpaired) electrons. The summed E-state index contributed by atoms with van der Waals surface area (Å²) in [6, 6.07) is 0. The smallest absolute Gasteiger partial charge is 0.0704 e. The van der Waals surface area contributed by atoms with Crippen molar-refractivity contribution in [2.75, 3.05) is 19.6 Å². The standard InChI is InChI=1S/C26H45NO2/c1-5-27(6-2)17-7-13-26(29)16-12-23-21-9-8-19-18-20(28)10-14-24(19,3)22(21)11-15-25(23,26)4/h8,20-23,28-29H,5-7,9-18H2,1-4H3/t20-,21+,22-,23-,24-,25-,26-/m0/s1. The molecule has 7 atom stereocenters. The Morgan fingerprint density at radius 1 is 1.03 bits per heavy atom. The van der Waals surface area contributed by atoms with Gasteiger partial charge in [0.2, 0.25) is 0 Å². The fourth-order valence-electron chi connectivity index (χ4n) is 8.30. The van der Waals surface area contributed by atoms with Crippen molar-refractivity contribution in [1.82, 2.24) is 4.90 Å². The summed E-state index contributed by atoms with van der Waals surface area (Å²) in [7, 11) is 0. The van der Waals surface area contributed by atoms with Crippen LogP contribution in [0.15, 0.2) is 11.6 Å². The molecule has 0 unspecified atom stereocenters. The van der Waals surface area contributed by atoms with Crippen molar-refractivity contribution in [3.63, 3.8) is 0 Å². The number of hydrogen-bond acceptors (Lipinski definition) is 3. The largest absolute Gasteiger partial charge is 0.393 e. The summed E-state index contributed by atoms with van der Waals surface area (Å²) in [6.07, 6.45) is 13.3. The van der Waals surface area contributed by atoms with E-state index < -0.39 is 5.60 Å². The number of hydrogen-bond donors (Lipinski definition) is 2. The predicted octanol–water partition coefficient (Wildman–Crippen LogP) is 5.16. The van der Waals surface area contributed by atoms with Crippen LogP contribution in [0.5, 0.6) is 0 Å². The highest BCUT2D eigenvalue weighted by Crippen LogP contribution is 2.67. The van der Waals surface area contributed by atoms with Gasteiger partial charge in [-0.3, -0.25) is 0 Å². The summed E-state index contributed by atoms with van der Waals surface area (Å²) in [5.74, 6) is 2.15. The Bertz CT molecular complexity index is 628. The molecule has 0 heterocycles. The molecule has 0 saturated heterocycles. The van der Waals surface area contributed by atoms with Gasteiger partial charge >= 0.3 is 0 Å². The van der Waals surface area contributed by atoms with Crippen LogP contribution in [-0.2, 0) is 0 Å². The number of aliphatic hydroxyl groups is 2. The maximum Gasteiger partial charge on any atom is 0.0704 e. The van der Waals surface area contributed by atoms with E-state index in [1.807, 2.05) is 0 Å². The van der Waals surface area contributed by atoms with E-state index in [-0.39, 0.29) is 11.5 Å². The molecule has 29 heavy (non-hydrogen) atoms. The van der Waals surface area contributed by atoms with Crippen molar-refractivity contribution in [3.8, 4) is 0 Å². The van der Waals surface area contributed by atoms with Gasteiger partial charge in [0.1, 0.15) is 0 Å². The van der Waals surface area contributed by atoms with Gasteiger partial charge in [-0.1, -0.05) is 39.3 Å². The lowest BCUT2D eigenvalue weighted by Crippen LogP contribution is -2.54. The molecular weight excluding hydrogens is 358 g/mol. The van der Waals surface area contributed by atoms with Gasteiger partial charge in [0.05, 0.1) is 11.7 Å².